The van der Waals surface area contributed by atoms with Gasteiger partial charge in [-0.05, 0) is 188 Å². The highest BCUT2D eigenvalue weighted by Gasteiger charge is 2.25. The van der Waals surface area contributed by atoms with Gasteiger partial charge in [0.15, 0.2) is 0 Å². The van der Waals surface area contributed by atoms with Crippen LogP contribution >= 0.6 is 0 Å². The van der Waals surface area contributed by atoms with Crippen molar-refractivity contribution in [3.63, 3.8) is 0 Å². The zero-order valence-corrected chi connectivity index (χ0v) is 38.7. The lowest BCUT2D eigenvalue weighted by Gasteiger charge is -2.28. The van der Waals surface area contributed by atoms with E-state index >= 15 is 0 Å². The van der Waals surface area contributed by atoms with Gasteiger partial charge in [-0.25, -0.2) is 9.59 Å². The van der Waals surface area contributed by atoms with Crippen LogP contribution < -0.4 is 18.9 Å². The second-order valence-corrected chi connectivity index (χ2v) is 17.7. The lowest BCUT2D eigenvalue weighted by molar-refractivity contribution is 0.0503. The second kappa shape index (κ2) is 27.8. The van der Waals surface area contributed by atoms with Gasteiger partial charge in [-0.3, -0.25) is 0 Å². The van der Waals surface area contributed by atoms with Gasteiger partial charge in [0.2, 0.25) is 0 Å². The molecule has 0 aliphatic heterocycles. The average molecular weight is 855 g/mol. The molecular formula is C54H78O8. The van der Waals surface area contributed by atoms with E-state index in [9.17, 15) is 9.59 Å². The number of unbranched alkanes of at least 4 members (excludes halogenated alkanes) is 6. The van der Waals surface area contributed by atoms with Crippen molar-refractivity contribution < 1.29 is 38.0 Å². The minimum Gasteiger partial charge on any atom is -0.494 e. The van der Waals surface area contributed by atoms with E-state index < -0.39 is 11.9 Å². The van der Waals surface area contributed by atoms with Crippen LogP contribution in [0.1, 0.15) is 200 Å². The second-order valence-electron chi connectivity index (χ2n) is 17.7. The van der Waals surface area contributed by atoms with Crippen molar-refractivity contribution >= 4 is 11.9 Å². The van der Waals surface area contributed by atoms with E-state index in [1.54, 1.807) is 26.0 Å². The summed E-state index contributed by atoms with van der Waals surface area (Å²) in [4.78, 5) is 26.2. The molecule has 0 spiro atoms. The predicted molar refractivity (Wildman–Crippen MR) is 249 cm³/mol. The molecule has 8 heteroatoms. The molecule has 0 heterocycles. The third-order valence-electron chi connectivity index (χ3n) is 13.0. The van der Waals surface area contributed by atoms with Gasteiger partial charge in [0.1, 0.15) is 34.1 Å². The first-order chi connectivity index (χ1) is 30.4. The molecule has 3 aromatic carbocycles. The Morgan fingerprint density at radius 3 is 1.11 bits per heavy atom. The molecule has 0 unspecified atom stereocenters. The molecule has 2 fully saturated rings. The maximum absolute atomic E-state index is 13.1. The molecule has 8 nitrogen and oxygen atoms in total. The normalized spacial score (nSPS) is 18.8. The monoisotopic (exact) mass is 855 g/mol. The van der Waals surface area contributed by atoms with Crippen LogP contribution in [0.2, 0.25) is 0 Å². The number of hydrogen-bond acceptors (Lipinski definition) is 8. The summed E-state index contributed by atoms with van der Waals surface area (Å²) in [5, 5.41) is 0. The van der Waals surface area contributed by atoms with E-state index in [1.165, 1.54) is 88.2 Å². The molecule has 0 amide bonds. The number of rotatable bonds is 28. The van der Waals surface area contributed by atoms with Gasteiger partial charge in [-0.2, -0.15) is 0 Å². The SMILES string of the molecule is CCCC1CCC(c2ccc(OCCCCCCOc3cc(C(=O)OCC)c(OCCCCCCOc4ccc(C5CCC(CCC)CC5)cc4)cc3C(=O)OCC)cc2)CC1. The Morgan fingerprint density at radius 2 is 0.790 bits per heavy atom. The van der Waals surface area contributed by atoms with E-state index in [1.807, 2.05) is 0 Å². The van der Waals surface area contributed by atoms with Crippen LogP contribution in [0, 0.1) is 11.8 Å². The molecule has 0 atom stereocenters. The minimum atomic E-state index is -0.517. The van der Waals surface area contributed by atoms with Crippen molar-refractivity contribution in [3.05, 3.63) is 82.9 Å². The summed E-state index contributed by atoms with van der Waals surface area (Å²) in [5.74, 6) is 4.64. The van der Waals surface area contributed by atoms with Crippen molar-refractivity contribution in [2.75, 3.05) is 39.6 Å². The first-order valence-electron chi connectivity index (χ1n) is 24.7. The number of ether oxygens (including phenoxy) is 6. The lowest BCUT2D eigenvalue weighted by atomic mass is 9.77. The Hall–Kier alpha value is -4.20. The molecule has 0 saturated heterocycles. The van der Waals surface area contributed by atoms with E-state index in [4.69, 9.17) is 28.4 Å². The van der Waals surface area contributed by atoms with Gasteiger partial charge < -0.3 is 28.4 Å². The van der Waals surface area contributed by atoms with Gasteiger partial charge in [-0.15, -0.1) is 0 Å². The first-order valence-corrected chi connectivity index (χ1v) is 24.7. The van der Waals surface area contributed by atoms with Gasteiger partial charge in [-0.1, -0.05) is 63.8 Å². The topological polar surface area (TPSA) is 89.5 Å². The van der Waals surface area contributed by atoms with Crippen molar-refractivity contribution in [1.29, 1.82) is 0 Å². The van der Waals surface area contributed by atoms with Crippen LogP contribution in [0.4, 0.5) is 0 Å². The van der Waals surface area contributed by atoms with E-state index in [0.29, 0.717) is 49.8 Å². The standard InChI is InChI=1S/C54H78O8/c1-5-17-41-19-23-43(24-20-41)45-27-31-47(32-28-45)59-35-13-9-11-15-37-61-51-39-50(54(56)58-8-4)52(40-49(51)53(55)57-7-3)62-38-16-12-10-14-36-60-48-33-29-46(30-34-48)44-25-21-42(18-6-2)22-26-44/h27-34,39-44H,5-26,35-38H2,1-4H3. The average Bonchev–Trinajstić information content (AvgIpc) is 3.29. The quantitative estimate of drug-likeness (QED) is 0.0527. The van der Waals surface area contributed by atoms with E-state index in [2.05, 4.69) is 62.4 Å². The lowest BCUT2D eigenvalue weighted by Crippen LogP contribution is -2.14. The largest absolute Gasteiger partial charge is 0.494 e. The summed E-state index contributed by atoms with van der Waals surface area (Å²) in [7, 11) is 0. The fourth-order valence-corrected chi connectivity index (χ4v) is 9.45. The van der Waals surface area contributed by atoms with Crippen LogP contribution in [-0.4, -0.2) is 51.6 Å². The summed E-state index contributed by atoms with van der Waals surface area (Å²) in [5.41, 5.74) is 3.38. The molecule has 2 saturated carbocycles. The van der Waals surface area contributed by atoms with Gasteiger partial charge >= 0.3 is 11.9 Å². The van der Waals surface area contributed by atoms with Crippen LogP contribution in [-0.2, 0) is 9.47 Å². The smallest absolute Gasteiger partial charge is 0.342 e. The number of esters is 2. The van der Waals surface area contributed by atoms with E-state index in [0.717, 1.165) is 74.7 Å². The molecule has 62 heavy (non-hydrogen) atoms. The van der Waals surface area contributed by atoms with Crippen LogP contribution in [0.3, 0.4) is 0 Å². The molecular weight excluding hydrogens is 777 g/mol. The summed E-state index contributed by atoms with van der Waals surface area (Å²) < 4.78 is 35.1. The molecule has 342 valence electrons. The highest BCUT2D eigenvalue weighted by molar-refractivity contribution is 5.98. The van der Waals surface area contributed by atoms with Crippen molar-refractivity contribution in [2.24, 2.45) is 11.8 Å². The van der Waals surface area contributed by atoms with Crippen LogP contribution in [0.15, 0.2) is 60.7 Å². The molecule has 0 bridgehead atoms. The molecule has 3 aromatic rings. The Balaban J connectivity index is 1.000. The number of hydrogen-bond donors (Lipinski definition) is 0. The molecule has 2 aliphatic rings. The highest BCUT2D eigenvalue weighted by atomic mass is 16.5. The molecule has 5 rings (SSSR count). The third-order valence-corrected chi connectivity index (χ3v) is 13.0. The Bertz CT molecular complexity index is 1580. The maximum atomic E-state index is 13.1. The summed E-state index contributed by atoms with van der Waals surface area (Å²) in [6.07, 6.45) is 23.4. The van der Waals surface area contributed by atoms with Crippen LogP contribution in [0.25, 0.3) is 0 Å². The zero-order valence-electron chi connectivity index (χ0n) is 38.7. The fraction of sp³-hybridized carbons (Fsp3) is 0.630. The Kier molecular flexibility index (Phi) is 21.9. The number of carbonyl (C=O) groups is 2. The van der Waals surface area contributed by atoms with Crippen LogP contribution in [0.5, 0.6) is 23.0 Å². The summed E-state index contributed by atoms with van der Waals surface area (Å²) >= 11 is 0. The number of benzene rings is 3. The van der Waals surface area contributed by atoms with Crippen molar-refractivity contribution in [2.45, 2.75) is 168 Å². The molecule has 2 aliphatic carbocycles. The molecule has 0 aromatic heterocycles. The Morgan fingerprint density at radius 1 is 0.452 bits per heavy atom. The first kappa shape index (κ1) is 48.8. The predicted octanol–water partition coefficient (Wildman–Crippen LogP) is 14.2. The number of carbonyl (C=O) groups excluding carboxylic acids is 2. The third kappa shape index (κ3) is 16.2. The van der Waals surface area contributed by atoms with Crippen molar-refractivity contribution in [1.82, 2.24) is 0 Å². The van der Waals surface area contributed by atoms with E-state index in [-0.39, 0.29) is 24.3 Å². The van der Waals surface area contributed by atoms with Crippen molar-refractivity contribution in [3.8, 4) is 23.0 Å². The molecule has 0 radical (unpaired) electrons. The molecule has 0 N–H and O–H groups in total. The summed E-state index contributed by atoms with van der Waals surface area (Å²) in [6.45, 7) is 10.7. The zero-order chi connectivity index (χ0) is 43.8. The Labute approximate surface area is 374 Å². The van der Waals surface area contributed by atoms with Gasteiger partial charge in [0.25, 0.3) is 0 Å². The van der Waals surface area contributed by atoms with Gasteiger partial charge in [0, 0.05) is 0 Å². The summed E-state index contributed by atoms with van der Waals surface area (Å²) in [6, 6.07) is 20.7. The fourth-order valence-electron chi connectivity index (χ4n) is 9.45. The minimum absolute atomic E-state index is 0.218. The van der Waals surface area contributed by atoms with Gasteiger partial charge in [0.05, 0.1) is 39.6 Å². The highest BCUT2D eigenvalue weighted by Crippen LogP contribution is 2.39. The maximum Gasteiger partial charge on any atom is 0.342 e.